The molecule has 3 amide bonds. The topological polar surface area (TPSA) is 150 Å². The van der Waals surface area contributed by atoms with Crippen LogP contribution in [0.5, 0.6) is 0 Å². The van der Waals surface area contributed by atoms with E-state index in [0.29, 0.717) is 43.1 Å². The van der Waals surface area contributed by atoms with Gasteiger partial charge in [0.25, 0.3) is 0 Å². The van der Waals surface area contributed by atoms with Crippen molar-refractivity contribution in [1.82, 2.24) is 20.1 Å². The number of ether oxygens (including phenoxy) is 1. The number of aliphatic hydroxyl groups is 1. The minimum atomic E-state index is -1.54. The zero-order valence-corrected chi connectivity index (χ0v) is 33.0. The lowest BCUT2D eigenvalue weighted by Crippen LogP contribution is -2.53. The molecular formula is C40H54F2N4O7Si. The summed E-state index contributed by atoms with van der Waals surface area (Å²) in [7, 11) is -1.54. The maximum atomic E-state index is 15.2. The van der Waals surface area contributed by atoms with Gasteiger partial charge in [0.15, 0.2) is 0 Å². The number of carboxylic acid groups (broad SMARTS) is 1. The van der Waals surface area contributed by atoms with Gasteiger partial charge < -0.3 is 35.1 Å². The number of aliphatic carboxylic acids is 1. The maximum Gasteiger partial charge on any atom is 0.407 e. The molecule has 1 aliphatic rings. The number of carbonyl (C=O) groups excluding carboxylic acids is 3. The van der Waals surface area contributed by atoms with Gasteiger partial charge in [-0.15, -0.1) is 0 Å². The molecule has 294 valence electrons. The number of aromatic nitrogens is 1. The van der Waals surface area contributed by atoms with Crippen LogP contribution < -0.4 is 10.6 Å². The summed E-state index contributed by atoms with van der Waals surface area (Å²) in [4.78, 5) is 53.9. The minimum Gasteiger partial charge on any atom is -0.481 e. The summed E-state index contributed by atoms with van der Waals surface area (Å²) in [6, 6.07) is 12.5. The molecule has 0 radical (unpaired) electrons. The van der Waals surface area contributed by atoms with Crippen LogP contribution >= 0.6 is 0 Å². The van der Waals surface area contributed by atoms with Gasteiger partial charge in [0, 0.05) is 50.2 Å². The molecule has 4 atom stereocenters. The van der Waals surface area contributed by atoms with E-state index in [2.05, 4.69) is 30.3 Å². The first-order chi connectivity index (χ1) is 25.4. The molecule has 3 aromatic rings. The predicted octanol–water partition coefficient (Wildman–Crippen LogP) is 6.58. The molecule has 1 aromatic heterocycles. The zero-order chi connectivity index (χ0) is 39.8. The second-order valence-electron chi connectivity index (χ2n) is 16.3. The molecule has 1 heterocycles. The Kier molecular flexibility index (Phi) is 14.2. The van der Waals surface area contributed by atoms with Crippen LogP contribution in [0.3, 0.4) is 0 Å². The highest BCUT2D eigenvalue weighted by atomic mass is 28.3. The molecule has 54 heavy (non-hydrogen) atoms. The zero-order valence-electron chi connectivity index (χ0n) is 32.0. The highest BCUT2D eigenvalue weighted by molar-refractivity contribution is 6.76. The Hall–Kier alpha value is -4.56. The normalized spacial score (nSPS) is 17.1. The Morgan fingerprint density at radius 2 is 1.74 bits per heavy atom. The predicted molar refractivity (Wildman–Crippen MR) is 204 cm³/mol. The van der Waals surface area contributed by atoms with Crippen LogP contribution in [0, 0.1) is 23.0 Å². The van der Waals surface area contributed by atoms with Crippen LogP contribution in [0.25, 0.3) is 11.1 Å². The fraction of sp³-hybridized carbons (Fsp3) is 0.500. The first-order valence-electron chi connectivity index (χ1n) is 18.4. The van der Waals surface area contributed by atoms with Gasteiger partial charge in [-0.25, -0.2) is 13.6 Å². The molecule has 4 N–H and O–H groups in total. The molecule has 11 nitrogen and oxygen atoms in total. The van der Waals surface area contributed by atoms with Crippen LogP contribution in [0.1, 0.15) is 63.8 Å². The summed E-state index contributed by atoms with van der Waals surface area (Å²) in [5, 5.41) is 25.4. The van der Waals surface area contributed by atoms with Crippen molar-refractivity contribution in [2.24, 2.45) is 11.3 Å². The Bertz CT molecular complexity index is 1770. The Morgan fingerprint density at radius 1 is 1.04 bits per heavy atom. The highest BCUT2D eigenvalue weighted by Gasteiger charge is 2.39. The van der Waals surface area contributed by atoms with E-state index < -0.39 is 79.7 Å². The second kappa shape index (κ2) is 18.2. The van der Waals surface area contributed by atoms with Crippen LogP contribution in [-0.2, 0) is 25.7 Å². The maximum absolute atomic E-state index is 15.2. The van der Waals surface area contributed by atoms with E-state index in [9.17, 15) is 33.8 Å². The van der Waals surface area contributed by atoms with Crippen molar-refractivity contribution in [2.75, 3.05) is 19.8 Å². The highest BCUT2D eigenvalue weighted by Crippen LogP contribution is 2.41. The second-order valence-corrected chi connectivity index (χ2v) is 21.9. The molecule has 0 unspecified atom stereocenters. The average molecular weight is 769 g/mol. The number of hydrogen-bond donors (Lipinski definition) is 4. The Morgan fingerprint density at radius 3 is 2.37 bits per heavy atom. The number of nitrogens with one attached hydrogen (secondary N) is 2. The van der Waals surface area contributed by atoms with Gasteiger partial charge in [-0.1, -0.05) is 77.2 Å². The summed E-state index contributed by atoms with van der Waals surface area (Å²) in [6.07, 6.45) is 2.27. The van der Waals surface area contributed by atoms with Gasteiger partial charge in [-0.05, 0) is 60.6 Å². The third-order valence-electron chi connectivity index (χ3n) is 9.75. The first kappa shape index (κ1) is 42.2. The molecule has 0 bridgehead atoms. The van der Waals surface area contributed by atoms with Crippen molar-refractivity contribution >= 4 is 32.0 Å². The molecule has 1 aliphatic carbocycles. The summed E-state index contributed by atoms with van der Waals surface area (Å²) >= 11 is 0. The molecule has 2 aromatic carbocycles. The summed E-state index contributed by atoms with van der Waals surface area (Å²) < 4.78 is 36.9. The summed E-state index contributed by atoms with van der Waals surface area (Å²) in [6.45, 7) is 11.6. The minimum absolute atomic E-state index is 0.0379. The molecule has 1 fully saturated rings. The smallest absolute Gasteiger partial charge is 0.407 e. The van der Waals surface area contributed by atoms with Crippen LogP contribution in [0.15, 0.2) is 60.8 Å². The fourth-order valence-electron chi connectivity index (χ4n) is 6.98. The van der Waals surface area contributed by atoms with E-state index in [0.717, 1.165) is 23.8 Å². The molecule has 0 saturated heterocycles. The third kappa shape index (κ3) is 11.5. The monoisotopic (exact) mass is 768 g/mol. The number of halogens is 2. The number of nitrogens with zero attached hydrogens (tertiary/aromatic N) is 2. The molecule has 0 spiro atoms. The number of alkyl carbamates (subject to hydrolysis) is 1. The number of benzene rings is 2. The van der Waals surface area contributed by atoms with Crippen LogP contribution in [0.4, 0.5) is 13.6 Å². The number of hydrogen-bond acceptors (Lipinski definition) is 6. The van der Waals surface area contributed by atoms with Gasteiger partial charge in [-0.3, -0.25) is 14.4 Å². The average Bonchev–Trinajstić information content (AvgIpc) is 3.73. The molecule has 4 rings (SSSR count). The van der Waals surface area contributed by atoms with Crippen molar-refractivity contribution in [1.29, 1.82) is 0 Å². The van der Waals surface area contributed by atoms with E-state index in [4.69, 9.17) is 4.74 Å². The van der Waals surface area contributed by atoms with E-state index in [-0.39, 0.29) is 25.1 Å². The lowest BCUT2D eigenvalue weighted by atomic mass is 9.82. The number of aliphatic hydroxyl groups excluding tert-OH is 1. The van der Waals surface area contributed by atoms with Crippen molar-refractivity contribution in [2.45, 2.75) is 96.8 Å². The van der Waals surface area contributed by atoms with Gasteiger partial charge >= 0.3 is 12.1 Å². The number of carbonyl (C=O) groups is 4. The largest absolute Gasteiger partial charge is 0.481 e. The standard InChI is InChI=1S/C40H54F2N4O7Si/c1-40(2,3)36(34-21-27(30-22-28(41)15-16-31(30)42)24-45(34)23-26-11-8-7-9-12-26)46(35(48)25-47)18-17-33(44-39(52)53-19-20-54(4,5)6)37(49)43-32-14-10-13-29(32)38(50)51/h7-9,11-12,15-16,21-22,24,29,32-33,36,47H,10,13-14,17-20,23,25H2,1-6H3,(H,43,49)(H,44,52)(H,50,51)/t29-,32+,33+,36+/m1/s1. The SMILES string of the molecule is CC(C)(C)[C@H](c1cc(-c2cc(F)ccc2F)cn1Cc1ccccc1)N(CC[C@H](NC(=O)OCC[Si](C)(C)C)C(=O)N[C@H]1CCC[C@H]1C(=O)O)C(=O)CO. The molecule has 14 heteroatoms. The van der Waals surface area contributed by atoms with Crippen LogP contribution in [0.2, 0.25) is 25.7 Å². The molecule has 0 aliphatic heterocycles. The van der Waals surface area contributed by atoms with Crippen molar-refractivity contribution in [3.8, 4) is 11.1 Å². The number of carboxylic acids is 1. The first-order valence-corrected chi connectivity index (χ1v) is 22.1. The Balaban J connectivity index is 1.72. The summed E-state index contributed by atoms with van der Waals surface area (Å²) in [5.74, 6) is -4.30. The van der Waals surface area contributed by atoms with E-state index in [1.165, 1.54) is 4.90 Å². The van der Waals surface area contributed by atoms with E-state index >= 15 is 4.39 Å². The fourth-order valence-corrected chi connectivity index (χ4v) is 7.70. The van der Waals surface area contributed by atoms with E-state index in [1.54, 1.807) is 12.3 Å². The van der Waals surface area contributed by atoms with Crippen molar-refractivity contribution < 1.29 is 42.9 Å². The molecular weight excluding hydrogens is 715 g/mol. The summed E-state index contributed by atoms with van der Waals surface area (Å²) in [5.41, 5.74) is 1.19. The molecule has 1 saturated carbocycles. The lowest BCUT2D eigenvalue weighted by Gasteiger charge is -2.41. The van der Waals surface area contributed by atoms with Gasteiger partial charge in [0.1, 0.15) is 24.3 Å². The van der Waals surface area contributed by atoms with Gasteiger partial charge in [-0.2, -0.15) is 0 Å². The van der Waals surface area contributed by atoms with Crippen molar-refractivity contribution in [3.05, 3.63) is 83.7 Å². The van der Waals surface area contributed by atoms with Crippen LogP contribution in [-0.4, -0.2) is 83.5 Å². The van der Waals surface area contributed by atoms with E-state index in [1.807, 2.05) is 55.7 Å². The van der Waals surface area contributed by atoms with Gasteiger partial charge in [0.2, 0.25) is 11.8 Å². The lowest BCUT2D eigenvalue weighted by molar-refractivity contribution is -0.143. The number of amides is 3. The number of rotatable bonds is 16. The third-order valence-corrected chi connectivity index (χ3v) is 11.5. The van der Waals surface area contributed by atoms with Crippen molar-refractivity contribution in [3.63, 3.8) is 0 Å². The Labute approximate surface area is 317 Å². The quantitative estimate of drug-likeness (QED) is 0.120. The van der Waals surface area contributed by atoms with Gasteiger partial charge in [0.05, 0.1) is 18.6 Å².